The number of carbonyl (C=O) groups is 1. The first-order chi connectivity index (χ1) is 12.1. The zero-order valence-corrected chi connectivity index (χ0v) is 18.7. The van der Waals surface area contributed by atoms with Gasteiger partial charge in [-0.1, -0.05) is 25.8 Å². The van der Waals surface area contributed by atoms with Crippen LogP contribution in [0, 0.1) is 5.38 Å². The maximum atomic E-state index is 11.3. The molecule has 4 rings (SSSR count). The van der Waals surface area contributed by atoms with E-state index in [0.717, 1.165) is 31.4 Å². The zero-order chi connectivity index (χ0) is 17.8. The molecule has 0 spiro atoms. The minimum absolute atomic E-state index is 0. The molecule has 2 aromatic rings. The minimum atomic E-state index is -0.533. The van der Waals surface area contributed by atoms with Gasteiger partial charge >= 0.3 is 6.09 Å². The fourth-order valence-corrected chi connectivity index (χ4v) is 4.42. The summed E-state index contributed by atoms with van der Waals surface area (Å²) in [5.74, 6) is 0.664. The molecule has 1 radical (unpaired) electrons. The predicted molar refractivity (Wildman–Crippen MR) is 110 cm³/mol. The van der Waals surface area contributed by atoms with E-state index in [4.69, 9.17) is 0 Å². The Labute approximate surface area is 183 Å². The van der Waals surface area contributed by atoms with Crippen molar-refractivity contribution in [3.8, 4) is 0 Å². The number of hydrogen-bond acceptors (Lipinski definition) is 4. The number of fused-ring (bicyclic) bond motifs is 2. The Morgan fingerprint density at radius 2 is 1.78 bits per heavy atom. The second-order valence-electron chi connectivity index (χ2n) is 6.88. The molecule has 1 aromatic carbocycles. The number of carbonyl (C=O) groups excluding carboxylic acids is 1. The first kappa shape index (κ1) is 24.1. The van der Waals surface area contributed by atoms with Crippen molar-refractivity contribution < 1.29 is 27.5 Å². The monoisotopic (exact) mass is 440 g/mol. The molecule has 0 bridgehead atoms. The first-order valence-corrected chi connectivity index (χ1v) is 10.0. The number of aryl methyl sites for hydroxylation is 2. The predicted octanol–water partition coefficient (Wildman–Crippen LogP) is 6.06. The minimum Gasteiger partial charge on any atom is -0.693 e. The Balaban J connectivity index is 0.000000313. The number of nitrogens with one attached hydrogen (secondary N) is 1. The third-order valence-corrected chi connectivity index (χ3v) is 5.73. The Kier molecular flexibility index (Phi) is 9.98. The average Bonchev–Trinajstić information content (AvgIpc) is 3.35. The van der Waals surface area contributed by atoms with Crippen LogP contribution < -0.4 is 5.32 Å². The fourth-order valence-electron chi connectivity index (χ4n) is 3.63. The molecule has 7 heteroatoms. The van der Waals surface area contributed by atoms with Gasteiger partial charge in [-0.25, -0.2) is 4.79 Å². The summed E-state index contributed by atoms with van der Waals surface area (Å²) in [6, 6.07) is 4.38. The third-order valence-electron chi connectivity index (χ3n) is 4.93. The van der Waals surface area contributed by atoms with E-state index in [2.05, 4.69) is 59.1 Å². The van der Waals surface area contributed by atoms with E-state index < -0.39 is 6.09 Å². The molecule has 1 amide bonds. The molecule has 0 saturated carbocycles. The van der Waals surface area contributed by atoms with Gasteiger partial charge in [-0.15, -0.1) is 5.38 Å². The van der Waals surface area contributed by atoms with E-state index in [1.54, 1.807) is 11.3 Å². The summed E-state index contributed by atoms with van der Waals surface area (Å²) in [6.07, 6.45) is 6.17. The summed E-state index contributed by atoms with van der Waals surface area (Å²) in [7, 11) is 0. The molecule has 0 atom stereocenters. The number of anilines is 1. The van der Waals surface area contributed by atoms with Crippen LogP contribution in [0.5, 0.6) is 0 Å². The summed E-state index contributed by atoms with van der Waals surface area (Å²) in [4.78, 5) is 11.3. The van der Waals surface area contributed by atoms with Crippen LogP contribution in [0.25, 0.3) is 6.15 Å². The number of benzene rings is 1. The summed E-state index contributed by atoms with van der Waals surface area (Å²) in [6.45, 7) is 4.38. The third kappa shape index (κ3) is 5.78. The van der Waals surface area contributed by atoms with Crippen LogP contribution in [-0.2, 0) is 61.3 Å². The molecule has 4 nitrogen and oxygen atoms in total. The molecule has 2 aliphatic rings. The van der Waals surface area contributed by atoms with E-state index in [9.17, 15) is 4.79 Å². The quantitative estimate of drug-likeness (QED) is 0.456. The smallest absolute Gasteiger partial charge is 0.388 e. The van der Waals surface area contributed by atoms with Gasteiger partial charge in [-0.3, -0.25) is 5.32 Å². The Morgan fingerprint density at radius 3 is 2.19 bits per heavy atom. The van der Waals surface area contributed by atoms with Crippen molar-refractivity contribution in [3.05, 3.63) is 56.9 Å². The van der Waals surface area contributed by atoms with Crippen LogP contribution >= 0.6 is 11.3 Å². The molecule has 0 fully saturated rings. The van der Waals surface area contributed by atoms with Gasteiger partial charge in [0.1, 0.15) is 0 Å². The van der Waals surface area contributed by atoms with Crippen LogP contribution in [0.2, 0.25) is 0 Å². The molecule has 1 aromatic heterocycles. The van der Waals surface area contributed by atoms with Gasteiger partial charge < -0.3 is 34.6 Å². The van der Waals surface area contributed by atoms with Crippen molar-refractivity contribution >= 4 is 36.0 Å². The van der Waals surface area contributed by atoms with E-state index in [1.807, 2.05) is 0 Å². The van der Waals surface area contributed by atoms with E-state index in [1.165, 1.54) is 40.7 Å². The number of hydrogen-bond donors (Lipinski definition) is 1. The van der Waals surface area contributed by atoms with Crippen molar-refractivity contribution in [3.63, 3.8) is 0 Å². The van der Waals surface area contributed by atoms with Crippen LogP contribution in [0.4, 0.5) is 10.5 Å². The Morgan fingerprint density at radius 1 is 1.19 bits per heavy atom. The van der Waals surface area contributed by atoms with Crippen LogP contribution in [-0.4, -0.2) is 6.09 Å². The summed E-state index contributed by atoms with van der Waals surface area (Å²) < 4.78 is 4.31. The van der Waals surface area contributed by atoms with Gasteiger partial charge in [0.2, 0.25) is 0 Å². The van der Waals surface area contributed by atoms with Crippen LogP contribution in [0.15, 0.2) is 17.5 Å². The molecular weight excluding hydrogens is 415 g/mol. The molecule has 0 unspecified atom stereocenters. The SMILES string of the molecule is CC(C)c1c[c-]sc1.O=C(Nc1c2c(cc3c1CCC3)CCC2)O[S-].[NH2-].[V]. The molecule has 0 saturated heterocycles. The number of nitrogens with two attached hydrogens (primary N) is 1. The molecule has 147 valence electrons. The summed E-state index contributed by atoms with van der Waals surface area (Å²) in [5.41, 5.74) is 7.77. The van der Waals surface area contributed by atoms with E-state index in [0.29, 0.717) is 5.92 Å². The Hall–Kier alpha value is -0.916. The molecular formula is C20H25N2O2S2V-3. The van der Waals surface area contributed by atoms with Gasteiger partial charge in [0.15, 0.2) is 0 Å². The number of rotatable bonds is 2. The van der Waals surface area contributed by atoms with E-state index in [-0.39, 0.29) is 24.7 Å². The standard InChI is InChI=1S/C13H15NO2S.C7H9S.H2N.V/c15-13(16-17)14-12-10-5-1-3-8(10)7-9-4-2-6-11(9)12;1-6(2)7-3-4-8-5-7;;/h7,17H,1-6H2,(H,14,15);3,5-6H,1-2H3;1H2;/q;2*-1;/p-1. The van der Waals surface area contributed by atoms with Crippen molar-refractivity contribution in [1.29, 1.82) is 0 Å². The average molecular weight is 441 g/mol. The molecule has 2 aliphatic carbocycles. The summed E-state index contributed by atoms with van der Waals surface area (Å²) in [5, 5.41) is 8.02. The van der Waals surface area contributed by atoms with Crippen LogP contribution in [0.3, 0.4) is 0 Å². The maximum absolute atomic E-state index is 11.3. The van der Waals surface area contributed by atoms with Gasteiger partial charge in [-0.2, -0.15) is 17.0 Å². The van der Waals surface area contributed by atoms with Crippen molar-refractivity contribution in [2.24, 2.45) is 0 Å². The van der Waals surface area contributed by atoms with Gasteiger partial charge in [0, 0.05) is 18.6 Å². The van der Waals surface area contributed by atoms with Crippen molar-refractivity contribution in [1.82, 2.24) is 0 Å². The zero-order valence-electron chi connectivity index (χ0n) is 15.7. The van der Waals surface area contributed by atoms with Crippen molar-refractivity contribution in [2.75, 3.05) is 5.32 Å². The van der Waals surface area contributed by atoms with Gasteiger partial charge in [-0.05, 0) is 60.8 Å². The van der Waals surface area contributed by atoms with Gasteiger partial charge in [0.05, 0.1) is 5.69 Å². The van der Waals surface area contributed by atoms with E-state index >= 15 is 0 Å². The normalized spacial score (nSPS) is 13.5. The summed E-state index contributed by atoms with van der Waals surface area (Å²) >= 11 is 5.96. The largest absolute Gasteiger partial charge is 0.693 e. The number of amides is 1. The van der Waals surface area contributed by atoms with Crippen LogP contribution in [0.1, 0.15) is 60.4 Å². The number of thiophene rings is 1. The molecule has 3 N–H and O–H groups in total. The molecule has 0 aliphatic heterocycles. The van der Waals surface area contributed by atoms with Crippen molar-refractivity contribution in [2.45, 2.75) is 58.3 Å². The second-order valence-corrected chi connectivity index (χ2v) is 7.76. The first-order valence-electron chi connectivity index (χ1n) is 8.82. The second kappa shape index (κ2) is 11.2. The Bertz CT molecular complexity index is 717. The fraction of sp³-hybridized carbons (Fsp3) is 0.450. The van der Waals surface area contributed by atoms with Gasteiger partial charge in [0.25, 0.3) is 0 Å². The topological polar surface area (TPSA) is 71.8 Å². The maximum Gasteiger partial charge on any atom is 0.388 e. The molecule has 27 heavy (non-hydrogen) atoms. The molecule has 1 heterocycles.